The van der Waals surface area contributed by atoms with Gasteiger partial charge >= 0.3 is 5.97 Å². The second kappa shape index (κ2) is 4.63. The molecule has 1 aliphatic carbocycles. The smallest absolute Gasteiger partial charge is 0.322 e. The number of nitrogens with one attached hydrogen (secondary N) is 1. The van der Waals surface area contributed by atoms with Crippen LogP contribution in [-0.4, -0.2) is 29.8 Å². The quantitative estimate of drug-likeness (QED) is 0.682. The van der Waals surface area contributed by atoms with Gasteiger partial charge in [-0.1, -0.05) is 13.8 Å². The summed E-state index contributed by atoms with van der Waals surface area (Å²) in [6.45, 7) is 3.39. The summed E-state index contributed by atoms with van der Waals surface area (Å²) in [6.07, 6.45) is 2.23. The van der Waals surface area contributed by atoms with Gasteiger partial charge in [0.25, 0.3) is 0 Å². The van der Waals surface area contributed by atoms with Gasteiger partial charge in [0.15, 0.2) is 0 Å². The van der Waals surface area contributed by atoms with Gasteiger partial charge in [-0.3, -0.25) is 9.59 Å². The Kier molecular flexibility index (Phi) is 3.67. The molecule has 0 spiro atoms. The normalized spacial score (nSPS) is 27.4. The van der Waals surface area contributed by atoms with Gasteiger partial charge in [0.2, 0.25) is 5.91 Å². The maximum Gasteiger partial charge on any atom is 0.322 e. The molecule has 0 aliphatic heterocycles. The first-order valence-corrected chi connectivity index (χ1v) is 5.34. The van der Waals surface area contributed by atoms with Crippen LogP contribution in [0.5, 0.6) is 0 Å². The zero-order chi connectivity index (χ0) is 12.3. The van der Waals surface area contributed by atoms with Gasteiger partial charge in [-0.05, 0) is 18.3 Å². The van der Waals surface area contributed by atoms with Crippen LogP contribution in [0.4, 0.5) is 0 Å². The molecule has 1 rings (SSSR count). The molecule has 5 heteroatoms. The molecule has 1 unspecified atom stereocenters. The Bertz CT molecular complexity index is 311. The third-order valence-electron chi connectivity index (χ3n) is 3.51. The van der Waals surface area contributed by atoms with Crippen molar-refractivity contribution >= 4 is 18.2 Å². The number of amides is 1. The van der Waals surface area contributed by atoms with E-state index in [-0.39, 0.29) is 29.7 Å². The minimum absolute atomic E-state index is 0.118. The van der Waals surface area contributed by atoms with Crippen LogP contribution in [0.15, 0.2) is 0 Å². The van der Waals surface area contributed by atoms with Crippen LogP contribution in [0.1, 0.15) is 26.7 Å². The molecule has 5 nitrogen and oxygen atoms in total. The van der Waals surface area contributed by atoms with E-state index in [1.54, 1.807) is 0 Å². The van der Waals surface area contributed by atoms with E-state index in [1.807, 2.05) is 13.8 Å². The van der Waals surface area contributed by atoms with Gasteiger partial charge in [-0.25, -0.2) is 0 Å². The number of aldehydes is 1. The summed E-state index contributed by atoms with van der Waals surface area (Å²) in [5.41, 5.74) is -0.385. The van der Waals surface area contributed by atoms with Crippen molar-refractivity contribution in [1.82, 2.24) is 5.32 Å². The fourth-order valence-electron chi connectivity index (χ4n) is 2.35. The first-order valence-electron chi connectivity index (χ1n) is 5.34. The highest BCUT2D eigenvalue weighted by molar-refractivity contribution is 5.84. The number of carbonyl (C=O) groups is 3. The molecule has 0 aromatic heterocycles. The Balaban J connectivity index is 2.64. The number of rotatable bonds is 4. The Labute approximate surface area is 94.2 Å². The highest BCUT2D eigenvalue weighted by Gasteiger charge is 2.46. The molecular formula is C11H17NO4. The van der Waals surface area contributed by atoms with Crippen molar-refractivity contribution in [3.63, 3.8) is 0 Å². The van der Waals surface area contributed by atoms with E-state index in [0.717, 1.165) is 6.29 Å². The summed E-state index contributed by atoms with van der Waals surface area (Å²) < 4.78 is 0. The third-order valence-corrected chi connectivity index (χ3v) is 3.51. The Morgan fingerprint density at radius 3 is 2.50 bits per heavy atom. The fraction of sp³-hybridized carbons (Fsp3) is 0.727. The number of carboxylic acid groups (broad SMARTS) is 1. The highest BCUT2D eigenvalue weighted by Crippen LogP contribution is 2.46. The van der Waals surface area contributed by atoms with E-state index in [9.17, 15) is 14.4 Å². The molecule has 0 radical (unpaired) electrons. The fourth-order valence-corrected chi connectivity index (χ4v) is 2.35. The molecule has 1 fully saturated rings. The lowest BCUT2D eigenvalue weighted by Crippen LogP contribution is -2.40. The Morgan fingerprint density at radius 1 is 1.44 bits per heavy atom. The van der Waals surface area contributed by atoms with Gasteiger partial charge < -0.3 is 15.2 Å². The summed E-state index contributed by atoms with van der Waals surface area (Å²) in [5.74, 6) is -1.72. The second-order valence-corrected chi connectivity index (χ2v) is 4.81. The van der Waals surface area contributed by atoms with Crippen molar-refractivity contribution in [2.24, 2.45) is 17.3 Å². The molecule has 90 valence electrons. The predicted molar refractivity (Wildman–Crippen MR) is 56.7 cm³/mol. The van der Waals surface area contributed by atoms with E-state index in [4.69, 9.17) is 5.11 Å². The van der Waals surface area contributed by atoms with Crippen molar-refractivity contribution in [3.05, 3.63) is 0 Å². The largest absolute Gasteiger partial charge is 0.480 e. The molecule has 0 bridgehead atoms. The lowest BCUT2D eigenvalue weighted by molar-refractivity contribution is -0.139. The summed E-state index contributed by atoms with van der Waals surface area (Å²) in [6, 6.07) is 0. The van der Waals surface area contributed by atoms with E-state index in [2.05, 4.69) is 5.32 Å². The van der Waals surface area contributed by atoms with Crippen LogP contribution >= 0.6 is 0 Å². The molecule has 0 aromatic rings. The summed E-state index contributed by atoms with van der Waals surface area (Å²) >= 11 is 0. The van der Waals surface area contributed by atoms with Crippen molar-refractivity contribution in [2.45, 2.75) is 26.7 Å². The van der Waals surface area contributed by atoms with Crippen LogP contribution in [0.2, 0.25) is 0 Å². The Hall–Kier alpha value is -1.39. The second-order valence-electron chi connectivity index (χ2n) is 4.81. The van der Waals surface area contributed by atoms with Crippen LogP contribution in [0.3, 0.4) is 0 Å². The van der Waals surface area contributed by atoms with Crippen LogP contribution in [0, 0.1) is 17.3 Å². The monoisotopic (exact) mass is 227 g/mol. The van der Waals surface area contributed by atoms with Gasteiger partial charge in [0.05, 0.1) is 0 Å². The molecule has 0 heterocycles. The van der Waals surface area contributed by atoms with Crippen LogP contribution in [-0.2, 0) is 14.4 Å². The zero-order valence-electron chi connectivity index (χ0n) is 9.53. The van der Waals surface area contributed by atoms with E-state index in [0.29, 0.717) is 12.8 Å². The molecule has 1 amide bonds. The molecule has 0 saturated heterocycles. The zero-order valence-corrected chi connectivity index (χ0v) is 9.53. The first kappa shape index (κ1) is 12.7. The lowest BCUT2D eigenvalue weighted by atomic mass is 9.75. The molecule has 2 atom stereocenters. The van der Waals surface area contributed by atoms with E-state index < -0.39 is 5.97 Å². The molecule has 1 saturated carbocycles. The van der Waals surface area contributed by atoms with Gasteiger partial charge in [0.1, 0.15) is 12.8 Å². The van der Waals surface area contributed by atoms with Crippen molar-refractivity contribution < 1.29 is 19.5 Å². The highest BCUT2D eigenvalue weighted by atomic mass is 16.4. The number of carbonyl (C=O) groups excluding carboxylic acids is 2. The van der Waals surface area contributed by atoms with Gasteiger partial charge in [0, 0.05) is 11.8 Å². The summed E-state index contributed by atoms with van der Waals surface area (Å²) in [5, 5.41) is 10.8. The summed E-state index contributed by atoms with van der Waals surface area (Å²) in [4.78, 5) is 32.9. The SMILES string of the molecule is CC1(C)C(C=O)CC[C@@H]1C(=O)NCC(=O)O. The van der Waals surface area contributed by atoms with Gasteiger partial charge in [-0.2, -0.15) is 0 Å². The average molecular weight is 227 g/mol. The number of hydrogen-bond donors (Lipinski definition) is 2. The summed E-state index contributed by atoms with van der Waals surface area (Å²) in [7, 11) is 0. The number of aliphatic carboxylic acids is 1. The van der Waals surface area contributed by atoms with E-state index in [1.165, 1.54) is 0 Å². The van der Waals surface area contributed by atoms with Crippen LogP contribution in [0.25, 0.3) is 0 Å². The standard InChI is InChI=1S/C11H17NO4/c1-11(2)7(6-13)3-4-8(11)10(16)12-5-9(14)15/h6-8H,3-5H2,1-2H3,(H,12,16)(H,14,15)/t7?,8-/m1/s1. The molecule has 16 heavy (non-hydrogen) atoms. The molecule has 1 aliphatic rings. The van der Waals surface area contributed by atoms with Crippen molar-refractivity contribution in [3.8, 4) is 0 Å². The average Bonchev–Trinajstić information content (AvgIpc) is 2.49. The molecule has 2 N–H and O–H groups in total. The lowest BCUT2D eigenvalue weighted by Gasteiger charge is -2.29. The van der Waals surface area contributed by atoms with E-state index >= 15 is 0 Å². The minimum atomic E-state index is -1.06. The third kappa shape index (κ3) is 2.40. The van der Waals surface area contributed by atoms with Crippen molar-refractivity contribution in [2.75, 3.05) is 6.54 Å². The first-order chi connectivity index (χ1) is 7.39. The predicted octanol–water partition coefficient (Wildman–Crippen LogP) is 0.439. The topological polar surface area (TPSA) is 83.5 Å². The molecular weight excluding hydrogens is 210 g/mol. The minimum Gasteiger partial charge on any atom is -0.480 e. The Morgan fingerprint density at radius 2 is 2.06 bits per heavy atom. The maximum absolute atomic E-state index is 11.7. The maximum atomic E-state index is 11.7. The van der Waals surface area contributed by atoms with Gasteiger partial charge in [-0.15, -0.1) is 0 Å². The number of carboxylic acids is 1. The van der Waals surface area contributed by atoms with Crippen molar-refractivity contribution in [1.29, 1.82) is 0 Å². The van der Waals surface area contributed by atoms with Crippen LogP contribution < -0.4 is 5.32 Å². The molecule has 0 aromatic carbocycles. The number of hydrogen-bond acceptors (Lipinski definition) is 3.